The molecule has 0 aromatic rings. The van der Waals surface area contributed by atoms with Crippen LogP contribution in [0.4, 0.5) is 0 Å². The van der Waals surface area contributed by atoms with Crippen molar-refractivity contribution in [3.63, 3.8) is 0 Å². The Kier molecular flexibility index (Phi) is 1.81. The van der Waals surface area contributed by atoms with Crippen molar-refractivity contribution in [2.75, 3.05) is 24.6 Å². The van der Waals surface area contributed by atoms with E-state index in [1.54, 1.807) is 0 Å². The summed E-state index contributed by atoms with van der Waals surface area (Å²) < 4.78 is 11.2. The van der Waals surface area contributed by atoms with Crippen LogP contribution < -0.4 is 5.32 Å². The number of rotatable bonds is 0. The molecule has 0 aromatic heterocycles. The molecule has 2 rings (SSSR count). The van der Waals surface area contributed by atoms with E-state index in [-0.39, 0.29) is 11.8 Å². The molecule has 0 saturated carbocycles. The Morgan fingerprint density at radius 2 is 1.82 bits per heavy atom. The highest BCUT2D eigenvalue weighted by Gasteiger charge is 2.37. The van der Waals surface area contributed by atoms with Gasteiger partial charge < -0.3 is 5.32 Å². The summed E-state index contributed by atoms with van der Waals surface area (Å²) in [5, 5.41) is 3.18. The lowest BCUT2D eigenvalue weighted by atomic mass is 9.91. The number of hydrogen-bond acceptors (Lipinski definition) is 3. The Morgan fingerprint density at radius 3 is 2.36 bits per heavy atom. The summed E-state index contributed by atoms with van der Waals surface area (Å²) in [5.41, 5.74) is 0. The van der Waals surface area contributed by atoms with Gasteiger partial charge >= 0.3 is 0 Å². The molecule has 2 unspecified atom stereocenters. The van der Waals surface area contributed by atoms with Gasteiger partial charge in [0.15, 0.2) is 0 Å². The maximum absolute atomic E-state index is 11.4. The molecule has 11 heavy (non-hydrogen) atoms. The second-order valence-electron chi connectivity index (χ2n) is 3.23. The van der Waals surface area contributed by atoms with Crippen LogP contribution in [-0.2, 0) is 15.6 Å². The number of piperidine rings is 1. The van der Waals surface area contributed by atoms with Crippen LogP contribution in [0.15, 0.2) is 0 Å². The summed E-state index contributed by atoms with van der Waals surface area (Å²) in [6.07, 6.45) is 0. The fourth-order valence-electron chi connectivity index (χ4n) is 1.77. The molecule has 2 saturated heterocycles. The van der Waals surface area contributed by atoms with Crippen LogP contribution in [0.1, 0.15) is 0 Å². The fraction of sp³-hybridized carbons (Fsp3) is 0.857. The summed E-state index contributed by atoms with van der Waals surface area (Å²) in [4.78, 5) is 11.4. The van der Waals surface area contributed by atoms with Gasteiger partial charge in [-0.05, 0) is 0 Å². The summed E-state index contributed by atoms with van der Waals surface area (Å²) in [5.74, 6) is 1.60. The first-order valence-corrected chi connectivity index (χ1v) is 5.35. The largest absolute Gasteiger partial charge is 0.315 e. The Bertz CT molecular complexity index is 198. The van der Waals surface area contributed by atoms with E-state index in [1.165, 1.54) is 0 Å². The van der Waals surface area contributed by atoms with E-state index in [4.69, 9.17) is 0 Å². The van der Waals surface area contributed by atoms with Crippen molar-refractivity contribution in [1.82, 2.24) is 5.32 Å². The first-order valence-electron chi connectivity index (χ1n) is 3.87. The van der Waals surface area contributed by atoms with Gasteiger partial charge in [-0.2, -0.15) is 0 Å². The number of hydrogen-bond donors (Lipinski definition) is 1. The fourth-order valence-corrected chi connectivity index (χ4v) is 3.36. The van der Waals surface area contributed by atoms with E-state index in [2.05, 4.69) is 5.32 Å². The third-order valence-corrected chi connectivity index (χ3v) is 3.91. The van der Waals surface area contributed by atoms with Crippen molar-refractivity contribution in [3.8, 4) is 0 Å². The molecular formula is C7H11NO2S. The first kappa shape index (κ1) is 7.43. The molecule has 4 heteroatoms. The smallest absolute Gasteiger partial charge is 0.143 e. The zero-order valence-corrected chi connectivity index (χ0v) is 7.02. The number of fused-ring (bicyclic) bond motifs is 2. The number of Topliss-reactive ketones (excluding diaryl/α,β-unsaturated/α-hetero) is 1. The number of nitrogens with one attached hydrogen (secondary N) is 1. The van der Waals surface area contributed by atoms with Gasteiger partial charge in [0.2, 0.25) is 0 Å². The second kappa shape index (κ2) is 2.68. The third-order valence-electron chi connectivity index (χ3n) is 2.36. The molecule has 2 aliphatic rings. The molecule has 0 amide bonds. The molecule has 3 nitrogen and oxygen atoms in total. The highest BCUT2D eigenvalue weighted by atomic mass is 32.2. The Hall–Kier alpha value is -0.220. The van der Waals surface area contributed by atoms with Crippen molar-refractivity contribution in [1.29, 1.82) is 0 Å². The van der Waals surface area contributed by atoms with E-state index in [0.717, 1.165) is 13.1 Å². The van der Waals surface area contributed by atoms with Crippen molar-refractivity contribution in [2.45, 2.75) is 0 Å². The molecular weight excluding hydrogens is 162 g/mol. The molecule has 0 spiro atoms. The summed E-state index contributed by atoms with van der Waals surface area (Å²) >= 11 is 0. The van der Waals surface area contributed by atoms with Gasteiger partial charge in [-0.25, -0.2) is 0 Å². The van der Waals surface area contributed by atoms with E-state index in [0.29, 0.717) is 17.3 Å². The van der Waals surface area contributed by atoms with Gasteiger partial charge in [-0.1, -0.05) is 0 Å². The number of ketones is 1. The molecule has 2 heterocycles. The Morgan fingerprint density at radius 1 is 1.27 bits per heavy atom. The molecule has 1 N–H and O–H groups in total. The minimum absolute atomic E-state index is 0.0448. The average molecular weight is 173 g/mol. The molecule has 2 atom stereocenters. The standard InChI is InChI=1S/C7H11NO2S/c9-7-5-1-8-2-6(7)4-11(10)3-5/h5-6,8H,1-4H2. The first-order chi connectivity index (χ1) is 5.27. The molecule has 2 aliphatic heterocycles. The van der Waals surface area contributed by atoms with Crippen molar-refractivity contribution < 1.29 is 9.00 Å². The van der Waals surface area contributed by atoms with Gasteiger partial charge in [0.1, 0.15) is 5.78 Å². The molecule has 62 valence electrons. The van der Waals surface area contributed by atoms with Crippen LogP contribution in [0, 0.1) is 11.8 Å². The van der Waals surface area contributed by atoms with E-state index < -0.39 is 10.8 Å². The Balaban J connectivity index is 2.19. The Labute approximate surface area is 68.0 Å². The highest BCUT2D eigenvalue weighted by Crippen LogP contribution is 2.20. The van der Waals surface area contributed by atoms with Crippen LogP contribution in [0.2, 0.25) is 0 Å². The number of carbonyl (C=O) groups is 1. The lowest BCUT2D eigenvalue weighted by Gasteiger charge is -2.32. The minimum Gasteiger partial charge on any atom is -0.315 e. The predicted octanol–water partition coefficient (Wildman–Crippen LogP) is -0.847. The van der Waals surface area contributed by atoms with Crippen LogP contribution in [0.3, 0.4) is 0 Å². The minimum atomic E-state index is -0.731. The van der Waals surface area contributed by atoms with Crippen LogP contribution in [0.25, 0.3) is 0 Å². The zero-order valence-electron chi connectivity index (χ0n) is 6.21. The maximum Gasteiger partial charge on any atom is 0.143 e. The van der Waals surface area contributed by atoms with Gasteiger partial charge in [0.05, 0.1) is 0 Å². The van der Waals surface area contributed by atoms with Crippen LogP contribution in [-0.4, -0.2) is 34.6 Å². The molecule has 0 aliphatic carbocycles. The normalized spacial score (nSPS) is 44.0. The van der Waals surface area contributed by atoms with Gasteiger partial charge in [0, 0.05) is 47.2 Å². The van der Waals surface area contributed by atoms with Crippen LogP contribution >= 0.6 is 0 Å². The van der Waals surface area contributed by atoms with Gasteiger partial charge in [-0.15, -0.1) is 0 Å². The number of carbonyl (C=O) groups excluding carboxylic acids is 1. The van der Waals surface area contributed by atoms with Crippen LogP contribution in [0.5, 0.6) is 0 Å². The summed E-state index contributed by atoms with van der Waals surface area (Å²) in [6, 6.07) is 0. The summed E-state index contributed by atoms with van der Waals surface area (Å²) in [7, 11) is -0.731. The highest BCUT2D eigenvalue weighted by molar-refractivity contribution is 7.85. The van der Waals surface area contributed by atoms with E-state index >= 15 is 0 Å². The molecule has 0 aromatic carbocycles. The van der Waals surface area contributed by atoms with Crippen molar-refractivity contribution in [2.24, 2.45) is 11.8 Å². The quantitative estimate of drug-likeness (QED) is 0.519. The van der Waals surface area contributed by atoms with E-state index in [1.807, 2.05) is 0 Å². The SMILES string of the molecule is O=C1C2CNCC1CS(=O)C2. The lowest BCUT2D eigenvalue weighted by molar-refractivity contribution is -0.127. The summed E-state index contributed by atoms with van der Waals surface area (Å²) in [6.45, 7) is 1.47. The van der Waals surface area contributed by atoms with Gasteiger partial charge in [-0.3, -0.25) is 9.00 Å². The second-order valence-corrected chi connectivity index (χ2v) is 4.77. The van der Waals surface area contributed by atoms with Gasteiger partial charge in [0.25, 0.3) is 0 Å². The third kappa shape index (κ3) is 1.25. The predicted molar refractivity (Wildman–Crippen MR) is 42.7 cm³/mol. The maximum atomic E-state index is 11.4. The lowest BCUT2D eigenvalue weighted by Crippen LogP contribution is -2.51. The van der Waals surface area contributed by atoms with Crippen molar-refractivity contribution in [3.05, 3.63) is 0 Å². The molecule has 2 bridgehead atoms. The monoisotopic (exact) mass is 173 g/mol. The molecule has 2 fully saturated rings. The molecule has 0 radical (unpaired) electrons. The van der Waals surface area contributed by atoms with E-state index in [9.17, 15) is 9.00 Å². The topological polar surface area (TPSA) is 46.2 Å². The van der Waals surface area contributed by atoms with Crippen molar-refractivity contribution >= 4 is 16.6 Å². The zero-order chi connectivity index (χ0) is 7.84. The average Bonchev–Trinajstić information content (AvgIpc) is 1.92.